The summed E-state index contributed by atoms with van der Waals surface area (Å²) in [7, 11) is 2.12. The molecule has 1 aromatic rings. The van der Waals surface area contributed by atoms with Gasteiger partial charge < -0.3 is 4.52 Å². The van der Waals surface area contributed by atoms with Crippen LogP contribution < -0.4 is 9.61 Å². The Morgan fingerprint density at radius 2 is 1.80 bits per heavy atom. The van der Waals surface area contributed by atoms with Crippen LogP contribution in [-0.4, -0.2) is 25.8 Å². The van der Waals surface area contributed by atoms with Crippen LogP contribution in [0.15, 0.2) is 24.3 Å². The molecule has 1 unspecified atom stereocenters. The summed E-state index contributed by atoms with van der Waals surface area (Å²) in [6.07, 6.45) is 0. The Morgan fingerprint density at radius 1 is 1.27 bits per heavy atom. The van der Waals surface area contributed by atoms with E-state index in [4.69, 9.17) is 4.52 Å². The Labute approximate surface area is 90.8 Å². The largest absolute Gasteiger partial charge is 0.422 e. The first-order valence-electron chi connectivity index (χ1n) is 4.71. The van der Waals surface area contributed by atoms with E-state index >= 15 is 0 Å². The lowest BCUT2D eigenvalue weighted by molar-refractivity contribution is 0.406. The van der Waals surface area contributed by atoms with Crippen molar-refractivity contribution >= 4 is 7.67 Å². The molecule has 1 atom stereocenters. The van der Waals surface area contributed by atoms with Gasteiger partial charge in [0, 0.05) is 0 Å². The van der Waals surface area contributed by atoms with E-state index in [1.165, 1.54) is 0 Å². The summed E-state index contributed by atoms with van der Waals surface area (Å²) in [4.78, 5) is 0. The van der Waals surface area contributed by atoms with Crippen molar-refractivity contribution in [1.29, 1.82) is 0 Å². The molecule has 0 aliphatic heterocycles. The first kappa shape index (κ1) is 12.2. The summed E-state index contributed by atoms with van der Waals surface area (Å²) in [5, 5.41) is 2.70. The van der Waals surface area contributed by atoms with Crippen LogP contribution in [0.25, 0.3) is 0 Å². The Kier molecular flexibility index (Phi) is 3.91. The molecular formula is C10H17N2O2P. The third-order valence-electron chi connectivity index (χ3n) is 2.06. The third kappa shape index (κ3) is 3.06. The first-order valence-corrected chi connectivity index (χ1v) is 6.29. The number of nitrogens with zero attached hydrogens (tertiary/aromatic N) is 1. The summed E-state index contributed by atoms with van der Waals surface area (Å²) in [6, 6.07) is 7.46. The predicted molar refractivity (Wildman–Crippen MR) is 62.2 cm³/mol. The lowest BCUT2D eigenvalue weighted by atomic mass is 10.2. The van der Waals surface area contributed by atoms with Crippen LogP contribution in [0.2, 0.25) is 0 Å². The number of benzene rings is 1. The Hall–Kier alpha value is -0.830. The number of rotatable bonds is 4. The maximum atomic E-state index is 12.1. The molecular weight excluding hydrogens is 211 g/mol. The van der Waals surface area contributed by atoms with Crippen molar-refractivity contribution in [1.82, 2.24) is 9.76 Å². The summed E-state index contributed by atoms with van der Waals surface area (Å²) in [5.74, 6) is 0.604. The predicted octanol–water partition coefficient (Wildman–Crippen LogP) is 2.26. The standard InChI is InChI=1S/C10H17N2O2P/c1-9-5-7-10(8-6-9)14-15(13,11-2)12(3)4/h5-8H,1-4H3,(H,11,13). The van der Waals surface area contributed by atoms with E-state index in [-0.39, 0.29) is 0 Å². The highest BCUT2D eigenvalue weighted by atomic mass is 31.2. The average Bonchev–Trinajstić information content (AvgIpc) is 2.21. The van der Waals surface area contributed by atoms with Crippen molar-refractivity contribution in [2.75, 3.05) is 21.1 Å². The molecule has 0 aliphatic carbocycles. The topological polar surface area (TPSA) is 41.6 Å². The fraction of sp³-hybridized carbons (Fsp3) is 0.400. The fourth-order valence-corrected chi connectivity index (χ4v) is 2.13. The van der Waals surface area contributed by atoms with Crippen molar-refractivity contribution in [3.8, 4) is 5.75 Å². The monoisotopic (exact) mass is 228 g/mol. The second-order valence-corrected chi connectivity index (χ2v) is 5.97. The molecule has 0 heterocycles. The number of hydrogen-bond acceptors (Lipinski definition) is 2. The molecule has 0 aliphatic rings. The molecule has 5 heteroatoms. The molecule has 0 saturated carbocycles. The molecule has 1 rings (SSSR count). The van der Waals surface area contributed by atoms with E-state index < -0.39 is 7.67 Å². The van der Waals surface area contributed by atoms with Gasteiger partial charge in [-0.25, -0.2) is 14.3 Å². The zero-order chi connectivity index (χ0) is 11.5. The van der Waals surface area contributed by atoms with Gasteiger partial charge in [0.15, 0.2) is 0 Å². The molecule has 84 valence electrons. The highest BCUT2D eigenvalue weighted by Crippen LogP contribution is 2.43. The van der Waals surface area contributed by atoms with E-state index in [9.17, 15) is 4.57 Å². The Balaban J connectivity index is 2.84. The van der Waals surface area contributed by atoms with Crippen molar-refractivity contribution in [3.63, 3.8) is 0 Å². The van der Waals surface area contributed by atoms with Gasteiger partial charge in [-0.15, -0.1) is 0 Å². The highest BCUT2D eigenvalue weighted by Gasteiger charge is 2.25. The minimum atomic E-state index is -2.93. The SMILES string of the molecule is CNP(=O)(Oc1ccc(C)cc1)N(C)C. The summed E-state index contributed by atoms with van der Waals surface area (Å²) >= 11 is 0. The molecule has 0 saturated heterocycles. The zero-order valence-electron chi connectivity index (χ0n) is 9.52. The van der Waals surface area contributed by atoms with Crippen molar-refractivity contribution in [3.05, 3.63) is 29.8 Å². The molecule has 1 N–H and O–H groups in total. The van der Waals surface area contributed by atoms with Crippen LogP contribution in [0.5, 0.6) is 5.75 Å². The van der Waals surface area contributed by atoms with Crippen molar-refractivity contribution < 1.29 is 9.09 Å². The lowest BCUT2D eigenvalue weighted by Gasteiger charge is -2.23. The third-order valence-corrected chi connectivity index (χ3v) is 4.14. The van der Waals surface area contributed by atoms with Gasteiger partial charge in [-0.2, -0.15) is 0 Å². The number of aryl methyl sites for hydroxylation is 1. The van der Waals surface area contributed by atoms with Crippen LogP contribution in [0.3, 0.4) is 0 Å². The Bertz CT molecular complexity index is 362. The van der Waals surface area contributed by atoms with E-state index in [0.717, 1.165) is 5.56 Å². The van der Waals surface area contributed by atoms with Gasteiger partial charge in [-0.05, 0) is 40.2 Å². The highest BCUT2D eigenvalue weighted by molar-refractivity contribution is 7.54. The van der Waals surface area contributed by atoms with Gasteiger partial charge in [0.05, 0.1) is 0 Å². The fourth-order valence-electron chi connectivity index (χ4n) is 1.07. The van der Waals surface area contributed by atoms with Crippen LogP contribution in [0, 0.1) is 6.92 Å². The number of hydrogen-bond donors (Lipinski definition) is 1. The normalized spacial score (nSPS) is 15.0. The molecule has 0 bridgehead atoms. The minimum Gasteiger partial charge on any atom is -0.422 e. The minimum absolute atomic E-state index is 0.604. The lowest BCUT2D eigenvalue weighted by Crippen LogP contribution is -2.22. The maximum Gasteiger partial charge on any atom is 0.392 e. The molecule has 15 heavy (non-hydrogen) atoms. The number of nitrogens with one attached hydrogen (secondary N) is 1. The van der Waals surface area contributed by atoms with Crippen LogP contribution in [-0.2, 0) is 4.57 Å². The molecule has 0 fully saturated rings. The maximum absolute atomic E-state index is 12.1. The van der Waals surface area contributed by atoms with Gasteiger partial charge in [-0.3, -0.25) is 0 Å². The van der Waals surface area contributed by atoms with Crippen LogP contribution in [0.1, 0.15) is 5.56 Å². The molecule has 0 spiro atoms. The Morgan fingerprint density at radius 3 is 2.20 bits per heavy atom. The quantitative estimate of drug-likeness (QED) is 0.802. The van der Waals surface area contributed by atoms with Gasteiger partial charge in [0.25, 0.3) is 0 Å². The van der Waals surface area contributed by atoms with Crippen LogP contribution in [0.4, 0.5) is 0 Å². The summed E-state index contributed by atoms with van der Waals surface area (Å²) < 4.78 is 19.1. The zero-order valence-corrected chi connectivity index (χ0v) is 10.4. The first-order chi connectivity index (χ1) is 6.98. The second kappa shape index (κ2) is 4.79. The molecule has 1 aromatic carbocycles. The average molecular weight is 228 g/mol. The smallest absolute Gasteiger partial charge is 0.392 e. The molecule has 0 aromatic heterocycles. The molecule has 0 amide bonds. The van der Waals surface area contributed by atoms with Crippen molar-refractivity contribution in [2.45, 2.75) is 6.92 Å². The van der Waals surface area contributed by atoms with Gasteiger partial charge >= 0.3 is 7.67 Å². The molecule has 0 radical (unpaired) electrons. The van der Waals surface area contributed by atoms with Gasteiger partial charge in [-0.1, -0.05) is 17.7 Å². The van der Waals surface area contributed by atoms with E-state index in [1.807, 2.05) is 31.2 Å². The summed E-state index contributed by atoms with van der Waals surface area (Å²) in [6.45, 7) is 1.99. The van der Waals surface area contributed by atoms with Crippen LogP contribution >= 0.6 is 7.67 Å². The summed E-state index contributed by atoms with van der Waals surface area (Å²) in [5.41, 5.74) is 1.14. The van der Waals surface area contributed by atoms with Gasteiger partial charge in [0.1, 0.15) is 5.75 Å². The van der Waals surface area contributed by atoms with E-state index in [0.29, 0.717) is 5.75 Å². The van der Waals surface area contributed by atoms with Gasteiger partial charge in [0.2, 0.25) is 0 Å². The molecule has 4 nitrogen and oxygen atoms in total. The van der Waals surface area contributed by atoms with Crippen molar-refractivity contribution in [2.24, 2.45) is 0 Å². The second-order valence-electron chi connectivity index (χ2n) is 3.50. The van der Waals surface area contributed by atoms with E-state index in [1.54, 1.807) is 25.8 Å². The van der Waals surface area contributed by atoms with E-state index in [2.05, 4.69) is 5.09 Å².